The van der Waals surface area contributed by atoms with E-state index in [1.807, 2.05) is 24.4 Å². The molecule has 0 N–H and O–H groups in total. The monoisotopic (exact) mass is 334 g/mol. The van der Waals surface area contributed by atoms with Crippen molar-refractivity contribution in [2.45, 2.75) is 37.8 Å². The smallest absolute Gasteiger partial charge is 0.230 e. The van der Waals surface area contributed by atoms with Gasteiger partial charge in [0.2, 0.25) is 11.8 Å². The van der Waals surface area contributed by atoms with Crippen LogP contribution in [-0.2, 0) is 6.54 Å². The van der Waals surface area contributed by atoms with Crippen molar-refractivity contribution in [3.05, 3.63) is 77.8 Å². The van der Waals surface area contributed by atoms with E-state index in [-0.39, 0.29) is 6.04 Å². The number of benzene rings is 1. The summed E-state index contributed by atoms with van der Waals surface area (Å²) in [7, 11) is 2.07. The van der Waals surface area contributed by atoms with Gasteiger partial charge in [0.05, 0.1) is 18.3 Å². The highest BCUT2D eigenvalue weighted by Gasteiger charge is 2.26. The minimum atomic E-state index is 0.0430. The molecule has 5 nitrogen and oxygen atoms in total. The molecule has 1 atom stereocenters. The Morgan fingerprint density at radius 1 is 1.08 bits per heavy atom. The average molecular weight is 334 g/mol. The third-order valence-electron chi connectivity index (χ3n) is 4.85. The number of nitrogens with zero attached hydrogens (tertiary/aromatic N) is 4. The van der Waals surface area contributed by atoms with Crippen LogP contribution in [0.5, 0.6) is 0 Å². The first-order valence-electron chi connectivity index (χ1n) is 8.79. The molecule has 2 heterocycles. The van der Waals surface area contributed by atoms with Crippen LogP contribution in [0.1, 0.15) is 54.3 Å². The van der Waals surface area contributed by atoms with Crippen molar-refractivity contribution < 1.29 is 4.42 Å². The van der Waals surface area contributed by atoms with Gasteiger partial charge >= 0.3 is 0 Å². The van der Waals surface area contributed by atoms with Crippen LogP contribution in [0.15, 0.2) is 59.1 Å². The van der Waals surface area contributed by atoms with E-state index in [4.69, 9.17) is 4.42 Å². The second-order valence-corrected chi connectivity index (χ2v) is 6.64. The van der Waals surface area contributed by atoms with Crippen LogP contribution >= 0.6 is 0 Å². The number of hydrogen-bond donors (Lipinski definition) is 0. The van der Waals surface area contributed by atoms with Crippen LogP contribution in [-0.4, -0.2) is 27.1 Å². The summed E-state index contributed by atoms with van der Waals surface area (Å²) in [5.41, 5.74) is 2.21. The molecule has 0 radical (unpaired) electrons. The molecule has 128 valence electrons. The normalized spacial score (nSPS) is 15.9. The van der Waals surface area contributed by atoms with Crippen LogP contribution in [0, 0.1) is 0 Å². The topological polar surface area (TPSA) is 55.1 Å². The molecule has 5 heteroatoms. The summed E-state index contributed by atoms with van der Waals surface area (Å²) in [4.78, 5) is 6.77. The second kappa shape index (κ2) is 7.15. The van der Waals surface area contributed by atoms with E-state index < -0.39 is 0 Å². The maximum absolute atomic E-state index is 5.90. The van der Waals surface area contributed by atoms with E-state index in [9.17, 15) is 0 Å². The van der Waals surface area contributed by atoms with Gasteiger partial charge in [-0.3, -0.25) is 9.88 Å². The van der Waals surface area contributed by atoms with Crippen LogP contribution in [0.25, 0.3) is 0 Å². The molecule has 0 amide bonds. The van der Waals surface area contributed by atoms with E-state index in [0.29, 0.717) is 18.4 Å². The standard InChI is InChI=1S/C20H22N4O/c1-24(14-18-22-23-20(25-18)16-10-7-11-16)19(15-8-3-2-4-9-15)17-12-5-6-13-21-17/h2-6,8-9,12-13,16,19H,7,10-11,14H2,1H3/t19-/m0/s1. The van der Waals surface area contributed by atoms with E-state index >= 15 is 0 Å². The lowest BCUT2D eigenvalue weighted by Gasteiger charge is -2.27. The molecule has 1 saturated carbocycles. The zero-order valence-corrected chi connectivity index (χ0v) is 14.4. The highest BCUT2D eigenvalue weighted by atomic mass is 16.4. The Kier molecular flexibility index (Phi) is 4.57. The van der Waals surface area contributed by atoms with Crippen LogP contribution in [0.3, 0.4) is 0 Å². The first-order chi connectivity index (χ1) is 12.3. The Bertz CT molecular complexity index is 759. The van der Waals surface area contributed by atoms with Gasteiger partial charge < -0.3 is 4.42 Å². The molecule has 0 saturated heterocycles. The zero-order chi connectivity index (χ0) is 17.1. The van der Waals surface area contributed by atoms with Gasteiger partial charge in [-0.1, -0.05) is 42.8 Å². The van der Waals surface area contributed by atoms with Crippen LogP contribution in [0.2, 0.25) is 0 Å². The molecular formula is C20H22N4O. The Hall–Kier alpha value is -2.53. The third kappa shape index (κ3) is 3.46. The molecule has 2 aromatic heterocycles. The molecule has 0 bridgehead atoms. The van der Waals surface area contributed by atoms with Crippen molar-refractivity contribution in [2.75, 3.05) is 7.05 Å². The van der Waals surface area contributed by atoms with Gasteiger partial charge in [0.1, 0.15) is 0 Å². The fourth-order valence-electron chi connectivity index (χ4n) is 3.28. The fraction of sp³-hybridized carbons (Fsp3) is 0.350. The number of aromatic nitrogens is 3. The zero-order valence-electron chi connectivity index (χ0n) is 14.4. The Morgan fingerprint density at radius 3 is 2.56 bits per heavy atom. The van der Waals surface area contributed by atoms with E-state index in [0.717, 1.165) is 24.4 Å². The summed E-state index contributed by atoms with van der Waals surface area (Å²) in [6, 6.07) is 16.5. The summed E-state index contributed by atoms with van der Waals surface area (Å²) in [5.74, 6) is 1.93. The van der Waals surface area contributed by atoms with Gasteiger partial charge in [-0.25, -0.2) is 0 Å². The summed E-state index contributed by atoms with van der Waals surface area (Å²) in [5, 5.41) is 8.49. The first kappa shape index (κ1) is 16.0. The first-order valence-corrected chi connectivity index (χ1v) is 8.79. The highest BCUT2D eigenvalue weighted by molar-refractivity contribution is 5.27. The van der Waals surface area contributed by atoms with E-state index in [2.05, 4.69) is 57.5 Å². The SMILES string of the molecule is CN(Cc1nnc(C2CCC2)o1)[C@@H](c1ccccc1)c1ccccn1. The van der Waals surface area contributed by atoms with E-state index in [1.165, 1.54) is 12.0 Å². The molecule has 1 aliphatic carbocycles. The predicted octanol–water partition coefficient (Wildman–Crippen LogP) is 3.95. The van der Waals surface area contributed by atoms with Crippen molar-refractivity contribution in [3.63, 3.8) is 0 Å². The summed E-state index contributed by atoms with van der Waals surface area (Å²) >= 11 is 0. The van der Waals surface area contributed by atoms with Crippen molar-refractivity contribution in [2.24, 2.45) is 0 Å². The summed E-state index contributed by atoms with van der Waals surface area (Å²) in [6.45, 7) is 0.593. The summed E-state index contributed by atoms with van der Waals surface area (Å²) in [6.07, 6.45) is 5.43. The third-order valence-corrected chi connectivity index (χ3v) is 4.85. The van der Waals surface area contributed by atoms with Gasteiger partial charge in [-0.15, -0.1) is 10.2 Å². The van der Waals surface area contributed by atoms with E-state index in [1.54, 1.807) is 0 Å². The number of rotatable bonds is 6. The van der Waals surface area contributed by atoms with Crippen molar-refractivity contribution in [3.8, 4) is 0 Å². The molecule has 25 heavy (non-hydrogen) atoms. The van der Waals surface area contributed by atoms with Gasteiger partial charge in [0, 0.05) is 12.1 Å². The fourth-order valence-corrected chi connectivity index (χ4v) is 3.28. The lowest BCUT2D eigenvalue weighted by Crippen LogP contribution is -2.26. The molecule has 0 aliphatic heterocycles. The maximum Gasteiger partial charge on any atom is 0.230 e. The van der Waals surface area contributed by atoms with Crippen LogP contribution < -0.4 is 0 Å². The van der Waals surface area contributed by atoms with Crippen molar-refractivity contribution in [1.29, 1.82) is 0 Å². The molecule has 1 aromatic carbocycles. The molecule has 3 aromatic rings. The van der Waals surface area contributed by atoms with Crippen molar-refractivity contribution >= 4 is 0 Å². The predicted molar refractivity (Wildman–Crippen MR) is 94.9 cm³/mol. The molecular weight excluding hydrogens is 312 g/mol. The van der Waals surface area contributed by atoms with Gasteiger partial charge in [-0.05, 0) is 37.6 Å². The van der Waals surface area contributed by atoms with Crippen LogP contribution in [0.4, 0.5) is 0 Å². The lowest BCUT2D eigenvalue weighted by atomic mass is 9.85. The molecule has 1 fully saturated rings. The molecule has 0 unspecified atom stereocenters. The molecule has 4 rings (SSSR count). The minimum absolute atomic E-state index is 0.0430. The largest absolute Gasteiger partial charge is 0.424 e. The van der Waals surface area contributed by atoms with Gasteiger partial charge in [0.15, 0.2) is 0 Å². The van der Waals surface area contributed by atoms with Gasteiger partial charge in [0.25, 0.3) is 0 Å². The lowest BCUT2D eigenvalue weighted by molar-refractivity contribution is 0.230. The highest BCUT2D eigenvalue weighted by Crippen LogP contribution is 2.35. The Labute approximate surface area is 147 Å². The quantitative estimate of drug-likeness (QED) is 0.683. The van der Waals surface area contributed by atoms with Crippen molar-refractivity contribution in [1.82, 2.24) is 20.1 Å². The Morgan fingerprint density at radius 2 is 1.88 bits per heavy atom. The second-order valence-electron chi connectivity index (χ2n) is 6.64. The number of hydrogen-bond acceptors (Lipinski definition) is 5. The minimum Gasteiger partial charge on any atom is -0.424 e. The molecule has 1 aliphatic rings. The average Bonchev–Trinajstić information content (AvgIpc) is 3.03. The number of pyridine rings is 1. The Balaban J connectivity index is 1.57. The van der Waals surface area contributed by atoms with Gasteiger partial charge in [-0.2, -0.15) is 0 Å². The maximum atomic E-state index is 5.90. The molecule has 0 spiro atoms. The summed E-state index contributed by atoms with van der Waals surface area (Å²) < 4.78 is 5.90.